The van der Waals surface area contributed by atoms with Crippen LogP contribution in [0.3, 0.4) is 0 Å². The summed E-state index contributed by atoms with van der Waals surface area (Å²) in [5.74, 6) is -1.01. The molecule has 0 aromatic carbocycles. The molecule has 0 saturated heterocycles. The molecule has 1 aromatic rings. The predicted molar refractivity (Wildman–Crippen MR) is 70.9 cm³/mol. The lowest BCUT2D eigenvalue weighted by Gasteiger charge is -2.15. The van der Waals surface area contributed by atoms with E-state index in [1.807, 2.05) is 13.8 Å². The van der Waals surface area contributed by atoms with Crippen LogP contribution < -0.4 is 10.6 Å². The van der Waals surface area contributed by atoms with Crippen molar-refractivity contribution in [3.05, 3.63) is 29.6 Å². The standard InChI is InChI=1S/C13H19N3O3/c1-3-10(4-2)16-13(19)15-8-11-7-9(12(17)18)5-6-14-11/h5-7,10H,3-4,8H2,1-2H3,(H,17,18)(H2,15,16,19). The molecule has 0 atom stereocenters. The van der Waals surface area contributed by atoms with Gasteiger partial charge in [0.25, 0.3) is 0 Å². The summed E-state index contributed by atoms with van der Waals surface area (Å²) in [5, 5.41) is 14.3. The highest BCUT2D eigenvalue weighted by atomic mass is 16.4. The zero-order chi connectivity index (χ0) is 14.3. The molecule has 0 fully saturated rings. The molecule has 19 heavy (non-hydrogen) atoms. The molecule has 0 spiro atoms. The second-order valence-electron chi connectivity index (χ2n) is 4.18. The van der Waals surface area contributed by atoms with Crippen LogP contribution in [0.15, 0.2) is 18.3 Å². The van der Waals surface area contributed by atoms with Crippen molar-refractivity contribution in [3.8, 4) is 0 Å². The van der Waals surface area contributed by atoms with Crippen LogP contribution in [-0.2, 0) is 6.54 Å². The number of urea groups is 1. The minimum atomic E-state index is -1.01. The second-order valence-corrected chi connectivity index (χ2v) is 4.18. The molecule has 0 bridgehead atoms. The lowest BCUT2D eigenvalue weighted by molar-refractivity contribution is 0.0696. The Hall–Kier alpha value is -2.11. The van der Waals surface area contributed by atoms with Crippen molar-refractivity contribution in [1.29, 1.82) is 0 Å². The molecule has 6 heteroatoms. The average Bonchev–Trinajstić information content (AvgIpc) is 2.42. The highest BCUT2D eigenvalue weighted by molar-refractivity contribution is 5.87. The van der Waals surface area contributed by atoms with Crippen LogP contribution in [0, 0.1) is 0 Å². The third-order valence-electron chi connectivity index (χ3n) is 2.81. The largest absolute Gasteiger partial charge is 0.478 e. The summed E-state index contributed by atoms with van der Waals surface area (Å²) in [4.78, 5) is 26.4. The lowest BCUT2D eigenvalue weighted by atomic mass is 10.2. The van der Waals surface area contributed by atoms with Crippen LogP contribution in [0.2, 0.25) is 0 Å². The Morgan fingerprint density at radius 3 is 2.63 bits per heavy atom. The molecule has 0 radical (unpaired) electrons. The molecular formula is C13H19N3O3. The highest BCUT2D eigenvalue weighted by Gasteiger charge is 2.08. The summed E-state index contributed by atoms with van der Waals surface area (Å²) in [7, 11) is 0. The summed E-state index contributed by atoms with van der Waals surface area (Å²) in [5.41, 5.74) is 0.673. The van der Waals surface area contributed by atoms with Crippen molar-refractivity contribution in [2.24, 2.45) is 0 Å². The molecular weight excluding hydrogens is 246 g/mol. The van der Waals surface area contributed by atoms with Gasteiger partial charge in [-0.25, -0.2) is 9.59 Å². The van der Waals surface area contributed by atoms with Crippen LogP contribution in [0.5, 0.6) is 0 Å². The molecule has 0 aliphatic carbocycles. The maximum Gasteiger partial charge on any atom is 0.335 e. The third kappa shape index (κ3) is 4.95. The van der Waals surface area contributed by atoms with Crippen LogP contribution in [0.1, 0.15) is 42.7 Å². The number of rotatable bonds is 6. The molecule has 0 aliphatic rings. The Kier molecular flexibility index (Phi) is 5.78. The average molecular weight is 265 g/mol. The van der Waals surface area contributed by atoms with Crippen molar-refractivity contribution in [2.45, 2.75) is 39.3 Å². The minimum absolute atomic E-state index is 0.151. The number of nitrogens with zero attached hydrogens (tertiary/aromatic N) is 1. The van der Waals surface area contributed by atoms with Gasteiger partial charge in [0.1, 0.15) is 0 Å². The maximum absolute atomic E-state index is 11.6. The quantitative estimate of drug-likeness (QED) is 0.731. The number of aromatic carboxylic acids is 1. The number of hydrogen-bond donors (Lipinski definition) is 3. The topological polar surface area (TPSA) is 91.3 Å². The van der Waals surface area contributed by atoms with Gasteiger partial charge < -0.3 is 15.7 Å². The Labute approximate surface area is 112 Å². The zero-order valence-electron chi connectivity index (χ0n) is 11.1. The van der Waals surface area contributed by atoms with Crippen molar-refractivity contribution in [3.63, 3.8) is 0 Å². The molecule has 104 valence electrons. The van der Waals surface area contributed by atoms with Gasteiger partial charge in [-0.2, -0.15) is 0 Å². The van der Waals surface area contributed by atoms with Crippen molar-refractivity contribution >= 4 is 12.0 Å². The molecule has 6 nitrogen and oxygen atoms in total. The summed E-state index contributed by atoms with van der Waals surface area (Å²) in [6.45, 7) is 4.21. The van der Waals surface area contributed by atoms with E-state index in [0.717, 1.165) is 12.8 Å². The van der Waals surface area contributed by atoms with E-state index in [1.54, 1.807) is 0 Å². The van der Waals surface area contributed by atoms with Gasteiger partial charge in [-0.1, -0.05) is 13.8 Å². The fraction of sp³-hybridized carbons (Fsp3) is 0.462. The van der Waals surface area contributed by atoms with Crippen LogP contribution in [0.4, 0.5) is 4.79 Å². The number of amides is 2. The van der Waals surface area contributed by atoms with Gasteiger partial charge in [-0.15, -0.1) is 0 Å². The number of carboxylic acid groups (broad SMARTS) is 1. The number of carbonyl (C=O) groups is 2. The number of aromatic nitrogens is 1. The van der Waals surface area contributed by atoms with E-state index >= 15 is 0 Å². The van der Waals surface area contributed by atoms with Crippen LogP contribution >= 0.6 is 0 Å². The molecule has 1 aromatic heterocycles. The van der Waals surface area contributed by atoms with E-state index in [2.05, 4.69) is 15.6 Å². The Morgan fingerprint density at radius 2 is 2.05 bits per heavy atom. The molecule has 0 saturated carbocycles. The maximum atomic E-state index is 11.6. The van der Waals surface area contributed by atoms with E-state index in [9.17, 15) is 9.59 Å². The molecule has 3 N–H and O–H groups in total. The molecule has 2 amide bonds. The van der Waals surface area contributed by atoms with Gasteiger partial charge in [-0.05, 0) is 25.0 Å². The smallest absolute Gasteiger partial charge is 0.335 e. The van der Waals surface area contributed by atoms with E-state index < -0.39 is 5.97 Å². The summed E-state index contributed by atoms with van der Waals surface area (Å²) >= 11 is 0. The van der Waals surface area contributed by atoms with Crippen molar-refractivity contribution in [1.82, 2.24) is 15.6 Å². The van der Waals surface area contributed by atoms with E-state index in [4.69, 9.17) is 5.11 Å². The minimum Gasteiger partial charge on any atom is -0.478 e. The number of carboxylic acids is 1. The number of hydrogen-bond acceptors (Lipinski definition) is 3. The van der Waals surface area contributed by atoms with E-state index in [-0.39, 0.29) is 24.2 Å². The monoisotopic (exact) mass is 265 g/mol. The fourth-order valence-electron chi connectivity index (χ4n) is 1.61. The van der Waals surface area contributed by atoms with Crippen LogP contribution in [0.25, 0.3) is 0 Å². The van der Waals surface area contributed by atoms with E-state index in [0.29, 0.717) is 5.69 Å². The first-order chi connectivity index (χ1) is 9.06. The number of pyridine rings is 1. The van der Waals surface area contributed by atoms with Crippen molar-refractivity contribution in [2.75, 3.05) is 0 Å². The SMILES string of the molecule is CCC(CC)NC(=O)NCc1cc(C(=O)O)ccn1. The summed E-state index contributed by atoms with van der Waals surface area (Å²) in [6, 6.07) is 2.74. The molecule has 0 aliphatic heterocycles. The Balaban J connectivity index is 2.50. The fourth-order valence-corrected chi connectivity index (χ4v) is 1.61. The van der Waals surface area contributed by atoms with Crippen LogP contribution in [-0.4, -0.2) is 28.1 Å². The number of nitrogens with one attached hydrogen (secondary N) is 2. The predicted octanol–water partition coefficient (Wildman–Crippen LogP) is 1.77. The first-order valence-electron chi connectivity index (χ1n) is 6.29. The molecule has 1 rings (SSSR count). The lowest BCUT2D eigenvalue weighted by Crippen LogP contribution is -2.41. The number of carbonyl (C=O) groups excluding carboxylic acids is 1. The van der Waals surface area contributed by atoms with Gasteiger partial charge in [0.15, 0.2) is 0 Å². The summed E-state index contributed by atoms with van der Waals surface area (Å²) < 4.78 is 0. The first-order valence-corrected chi connectivity index (χ1v) is 6.29. The van der Waals surface area contributed by atoms with E-state index in [1.165, 1.54) is 18.3 Å². The first kappa shape index (κ1) is 14.9. The van der Waals surface area contributed by atoms with Gasteiger partial charge in [-0.3, -0.25) is 4.98 Å². The Bertz CT molecular complexity index is 445. The normalized spacial score (nSPS) is 10.3. The molecule has 0 unspecified atom stereocenters. The Morgan fingerprint density at radius 1 is 1.37 bits per heavy atom. The zero-order valence-corrected chi connectivity index (χ0v) is 11.1. The summed E-state index contributed by atoms with van der Waals surface area (Å²) in [6.07, 6.45) is 3.16. The second kappa shape index (κ2) is 7.35. The van der Waals surface area contributed by atoms with Gasteiger partial charge in [0.2, 0.25) is 0 Å². The van der Waals surface area contributed by atoms with Gasteiger partial charge in [0, 0.05) is 12.2 Å². The van der Waals surface area contributed by atoms with Gasteiger partial charge >= 0.3 is 12.0 Å². The van der Waals surface area contributed by atoms with Gasteiger partial charge in [0.05, 0.1) is 17.8 Å². The van der Waals surface area contributed by atoms with Crippen molar-refractivity contribution < 1.29 is 14.7 Å². The molecule has 1 heterocycles. The highest BCUT2D eigenvalue weighted by Crippen LogP contribution is 2.02. The third-order valence-corrected chi connectivity index (χ3v) is 2.81.